The number of anilines is 2. The summed E-state index contributed by atoms with van der Waals surface area (Å²) >= 11 is 0. The number of benzene rings is 2. The molecule has 1 saturated heterocycles. The number of carbonyl (C=O) groups excluding carboxylic acids is 3. The van der Waals surface area contributed by atoms with E-state index in [1.54, 1.807) is 35.2 Å². The number of rotatable bonds is 6. The number of para-hydroxylation sites is 1. The van der Waals surface area contributed by atoms with Crippen LogP contribution in [0, 0.1) is 0 Å². The number of sulfone groups is 1. The summed E-state index contributed by atoms with van der Waals surface area (Å²) in [4.78, 5) is 37.8. The van der Waals surface area contributed by atoms with Crippen molar-refractivity contribution in [1.29, 1.82) is 0 Å². The van der Waals surface area contributed by atoms with E-state index in [1.165, 1.54) is 18.2 Å². The predicted molar refractivity (Wildman–Crippen MR) is 106 cm³/mol. The highest BCUT2D eigenvalue weighted by Gasteiger charge is 2.22. The lowest BCUT2D eigenvalue weighted by molar-refractivity contribution is -0.119. The molecule has 29 heavy (non-hydrogen) atoms. The van der Waals surface area contributed by atoms with Gasteiger partial charge in [0.25, 0.3) is 5.91 Å². The third kappa shape index (κ3) is 5.00. The van der Waals surface area contributed by atoms with E-state index in [4.69, 9.17) is 4.74 Å². The van der Waals surface area contributed by atoms with E-state index in [0.29, 0.717) is 18.7 Å². The maximum absolute atomic E-state index is 12.3. The van der Waals surface area contributed by atoms with Gasteiger partial charge in [-0.3, -0.25) is 9.59 Å². The Morgan fingerprint density at radius 1 is 1.14 bits per heavy atom. The molecule has 152 valence electrons. The zero-order chi connectivity index (χ0) is 21.0. The summed E-state index contributed by atoms with van der Waals surface area (Å²) in [5.41, 5.74) is 0.936. The van der Waals surface area contributed by atoms with Crippen LogP contribution in [0.2, 0.25) is 0 Å². The molecule has 0 saturated carbocycles. The Morgan fingerprint density at radius 3 is 2.59 bits per heavy atom. The van der Waals surface area contributed by atoms with Gasteiger partial charge in [-0.1, -0.05) is 18.2 Å². The van der Waals surface area contributed by atoms with Crippen LogP contribution < -0.4 is 10.2 Å². The molecule has 0 bridgehead atoms. The number of hydrogen-bond donors (Lipinski definition) is 1. The molecule has 1 fully saturated rings. The molecule has 9 heteroatoms. The molecule has 2 aromatic rings. The first kappa shape index (κ1) is 20.5. The smallest absolute Gasteiger partial charge is 0.338 e. The Bertz CT molecular complexity index is 1060. The van der Waals surface area contributed by atoms with Crippen molar-refractivity contribution >= 4 is 39.0 Å². The van der Waals surface area contributed by atoms with Gasteiger partial charge in [-0.25, -0.2) is 13.2 Å². The normalized spacial score (nSPS) is 14.0. The minimum Gasteiger partial charge on any atom is -0.452 e. The summed E-state index contributed by atoms with van der Waals surface area (Å²) in [6, 6.07) is 12.4. The van der Waals surface area contributed by atoms with Crippen molar-refractivity contribution < 1.29 is 27.5 Å². The topological polar surface area (TPSA) is 110 Å². The molecule has 0 spiro atoms. The van der Waals surface area contributed by atoms with Crippen LogP contribution in [0.1, 0.15) is 23.2 Å². The van der Waals surface area contributed by atoms with E-state index in [1.807, 2.05) is 0 Å². The number of amides is 2. The molecule has 1 heterocycles. The Labute approximate surface area is 168 Å². The van der Waals surface area contributed by atoms with Gasteiger partial charge in [-0.05, 0) is 36.8 Å². The number of nitrogens with zero attached hydrogens (tertiary/aromatic N) is 1. The molecule has 0 unspecified atom stereocenters. The SMILES string of the molecule is CS(=O)(=O)c1ccccc1NC(=O)COC(=O)c1cccc(N2CCCC2=O)c1. The van der Waals surface area contributed by atoms with Gasteiger partial charge in [0.15, 0.2) is 16.4 Å². The minimum absolute atomic E-state index is 0.000521. The van der Waals surface area contributed by atoms with Crippen LogP contribution in [0.15, 0.2) is 53.4 Å². The quantitative estimate of drug-likeness (QED) is 0.722. The van der Waals surface area contributed by atoms with E-state index in [-0.39, 0.29) is 22.1 Å². The molecule has 1 aliphatic heterocycles. The first-order chi connectivity index (χ1) is 13.8. The monoisotopic (exact) mass is 416 g/mol. The summed E-state index contributed by atoms with van der Waals surface area (Å²) in [7, 11) is -3.53. The van der Waals surface area contributed by atoms with Crippen LogP contribution in [0.25, 0.3) is 0 Å². The molecular weight excluding hydrogens is 396 g/mol. The van der Waals surface area contributed by atoms with E-state index in [9.17, 15) is 22.8 Å². The van der Waals surface area contributed by atoms with Crippen molar-refractivity contribution in [3.63, 3.8) is 0 Å². The lowest BCUT2D eigenvalue weighted by Gasteiger charge is -2.16. The zero-order valence-electron chi connectivity index (χ0n) is 15.8. The molecule has 2 aromatic carbocycles. The highest BCUT2D eigenvalue weighted by atomic mass is 32.2. The molecule has 0 radical (unpaired) electrons. The molecule has 2 amide bonds. The molecule has 0 atom stereocenters. The van der Waals surface area contributed by atoms with Gasteiger partial charge in [0, 0.05) is 24.9 Å². The Morgan fingerprint density at radius 2 is 1.90 bits per heavy atom. The third-order valence-corrected chi connectivity index (χ3v) is 5.52. The van der Waals surface area contributed by atoms with Gasteiger partial charge in [0.05, 0.1) is 16.1 Å². The average Bonchev–Trinajstić information content (AvgIpc) is 3.12. The van der Waals surface area contributed by atoms with Crippen LogP contribution in [0.5, 0.6) is 0 Å². The fourth-order valence-corrected chi connectivity index (χ4v) is 3.86. The van der Waals surface area contributed by atoms with Crippen molar-refractivity contribution in [1.82, 2.24) is 0 Å². The molecule has 1 N–H and O–H groups in total. The van der Waals surface area contributed by atoms with Crippen LogP contribution in [-0.4, -0.2) is 45.6 Å². The van der Waals surface area contributed by atoms with E-state index < -0.39 is 28.3 Å². The second-order valence-electron chi connectivity index (χ2n) is 6.59. The van der Waals surface area contributed by atoms with Crippen molar-refractivity contribution in [3.8, 4) is 0 Å². The van der Waals surface area contributed by atoms with Gasteiger partial charge in [0.2, 0.25) is 5.91 Å². The highest BCUT2D eigenvalue weighted by Crippen LogP contribution is 2.23. The number of carbonyl (C=O) groups is 3. The first-order valence-electron chi connectivity index (χ1n) is 8.92. The summed E-state index contributed by atoms with van der Waals surface area (Å²) < 4.78 is 28.6. The molecular formula is C20H20N2O6S. The Hall–Kier alpha value is -3.20. The van der Waals surface area contributed by atoms with Crippen molar-refractivity contribution in [3.05, 3.63) is 54.1 Å². The van der Waals surface area contributed by atoms with Crippen LogP contribution in [0.4, 0.5) is 11.4 Å². The summed E-state index contributed by atoms with van der Waals surface area (Å²) in [6.45, 7) is 0.0172. The number of hydrogen-bond acceptors (Lipinski definition) is 6. The van der Waals surface area contributed by atoms with Crippen molar-refractivity contribution in [2.75, 3.05) is 29.6 Å². The maximum Gasteiger partial charge on any atom is 0.338 e. The van der Waals surface area contributed by atoms with Gasteiger partial charge in [-0.15, -0.1) is 0 Å². The average molecular weight is 416 g/mol. The van der Waals surface area contributed by atoms with Crippen LogP contribution >= 0.6 is 0 Å². The predicted octanol–water partition coefficient (Wildman–Crippen LogP) is 2.01. The van der Waals surface area contributed by atoms with Gasteiger partial charge in [-0.2, -0.15) is 0 Å². The van der Waals surface area contributed by atoms with E-state index in [2.05, 4.69) is 5.32 Å². The molecule has 0 aromatic heterocycles. The third-order valence-electron chi connectivity index (χ3n) is 4.36. The van der Waals surface area contributed by atoms with Gasteiger partial charge >= 0.3 is 5.97 Å². The van der Waals surface area contributed by atoms with Crippen LogP contribution in [0.3, 0.4) is 0 Å². The van der Waals surface area contributed by atoms with Gasteiger partial charge < -0.3 is 15.0 Å². The molecule has 8 nitrogen and oxygen atoms in total. The first-order valence-corrected chi connectivity index (χ1v) is 10.8. The summed E-state index contributed by atoms with van der Waals surface area (Å²) in [5, 5.41) is 2.44. The largest absolute Gasteiger partial charge is 0.452 e. The Balaban J connectivity index is 1.63. The Kier molecular flexibility index (Phi) is 5.97. The fraction of sp³-hybridized carbons (Fsp3) is 0.250. The summed E-state index contributed by atoms with van der Waals surface area (Å²) in [5.74, 6) is -1.38. The lowest BCUT2D eigenvalue weighted by atomic mass is 10.2. The molecule has 3 rings (SSSR count). The van der Waals surface area contributed by atoms with Crippen molar-refractivity contribution in [2.45, 2.75) is 17.7 Å². The van der Waals surface area contributed by atoms with E-state index >= 15 is 0 Å². The maximum atomic E-state index is 12.3. The van der Waals surface area contributed by atoms with Crippen molar-refractivity contribution in [2.24, 2.45) is 0 Å². The molecule has 0 aliphatic carbocycles. The highest BCUT2D eigenvalue weighted by molar-refractivity contribution is 7.90. The second kappa shape index (κ2) is 8.44. The second-order valence-corrected chi connectivity index (χ2v) is 8.58. The number of ether oxygens (including phenoxy) is 1. The lowest BCUT2D eigenvalue weighted by Crippen LogP contribution is -2.24. The van der Waals surface area contributed by atoms with Crippen LogP contribution in [-0.2, 0) is 24.2 Å². The standard InChI is InChI=1S/C20H20N2O6S/c1-29(26,27)17-9-3-2-8-16(17)21-18(23)13-28-20(25)14-6-4-7-15(12-14)22-11-5-10-19(22)24/h2-4,6-9,12H,5,10-11,13H2,1H3,(H,21,23). The van der Waals surface area contributed by atoms with Gasteiger partial charge in [0.1, 0.15) is 0 Å². The number of nitrogens with one attached hydrogen (secondary N) is 1. The summed E-state index contributed by atoms with van der Waals surface area (Å²) in [6.07, 6.45) is 2.28. The molecule has 1 aliphatic rings. The fourth-order valence-electron chi connectivity index (χ4n) is 3.02. The number of esters is 1. The minimum atomic E-state index is -3.53. The van der Waals surface area contributed by atoms with E-state index in [0.717, 1.165) is 12.7 Å². The zero-order valence-corrected chi connectivity index (χ0v) is 16.6.